The molecule has 0 bridgehead atoms. The van der Waals surface area contributed by atoms with Crippen LogP contribution in [0.25, 0.3) is 21.9 Å². The molecule has 1 aliphatic heterocycles. The van der Waals surface area contributed by atoms with E-state index in [-0.39, 0.29) is 16.4 Å². The highest BCUT2D eigenvalue weighted by atomic mass is 16.5. The topological polar surface area (TPSA) is 118 Å². The molecule has 2 aromatic heterocycles. The van der Waals surface area contributed by atoms with Gasteiger partial charge < -0.3 is 13.6 Å². The number of nitrogens with zero attached hydrogens (tertiary/aromatic N) is 1. The summed E-state index contributed by atoms with van der Waals surface area (Å²) in [6.07, 6.45) is 1.50. The van der Waals surface area contributed by atoms with E-state index in [1.165, 1.54) is 13.4 Å². The van der Waals surface area contributed by atoms with Gasteiger partial charge >= 0.3 is 0 Å². The fraction of sp³-hybridized carbons (Fsp3) is 0.278. The van der Waals surface area contributed by atoms with Gasteiger partial charge in [-0.3, -0.25) is 15.0 Å². The molecule has 1 amide bonds. The van der Waals surface area contributed by atoms with E-state index in [1.807, 2.05) is 6.07 Å². The first kappa shape index (κ1) is 16.2. The van der Waals surface area contributed by atoms with Crippen molar-refractivity contribution in [3.05, 3.63) is 39.9 Å². The fourth-order valence-corrected chi connectivity index (χ4v) is 3.66. The SMILES string of the molecule is COc1c2ccoc2cc2oc(C)c(C3(C)NNC(=O)C3C#N)c(=O)c12. The van der Waals surface area contributed by atoms with Gasteiger partial charge in [-0.1, -0.05) is 0 Å². The van der Waals surface area contributed by atoms with Crippen molar-refractivity contribution in [2.45, 2.75) is 19.4 Å². The van der Waals surface area contributed by atoms with Crippen LogP contribution in [0.4, 0.5) is 0 Å². The number of aryl methyl sites for hydroxylation is 1. The molecule has 1 aliphatic rings. The number of benzene rings is 1. The first-order valence-corrected chi connectivity index (χ1v) is 7.91. The van der Waals surface area contributed by atoms with Crippen LogP contribution in [-0.4, -0.2) is 13.0 Å². The lowest BCUT2D eigenvalue weighted by molar-refractivity contribution is -0.121. The summed E-state index contributed by atoms with van der Waals surface area (Å²) in [5, 5.41) is 10.3. The number of hydrazine groups is 1. The van der Waals surface area contributed by atoms with Crippen molar-refractivity contribution in [1.82, 2.24) is 10.9 Å². The highest BCUT2D eigenvalue weighted by Gasteiger charge is 2.49. The molecule has 0 spiro atoms. The number of fused-ring (bicyclic) bond motifs is 2. The van der Waals surface area contributed by atoms with Crippen molar-refractivity contribution in [1.29, 1.82) is 5.26 Å². The Hall–Kier alpha value is -3.31. The average Bonchev–Trinajstić information content (AvgIpc) is 3.17. The molecule has 2 unspecified atom stereocenters. The van der Waals surface area contributed by atoms with Gasteiger partial charge in [0.25, 0.3) is 5.91 Å². The first-order valence-electron chi connectivity index (χ1n) is 7.91. The monoisotopic (exact) mass is 353 g/mol. The van der Waals surface area contributed by atoms with E-state index in [9.17, 15) is 14.9 Å². The van der Waals surface area contributed by atoms with Crippen LogP contribution >= 0.6 is 0 Å². The Morgan fingerprint density at radius 3 is 2.81 bits per heavy atom. The maximum atomic E-state index is 13.4. The molecule has 0 aliphatic carbocycles. The van der Waals surface area contributed by atoms with Crippen molar-refractivity contribution in [3.8, 4) is 11.8 Å². The smallest absolute Gasteiger partial charge is 0.253 e. The molecule has 132 valence electrons. The molecular formula is C18H15N3O5. The van der Waals surface area contributed by atoms with Crippen LogP contribution in [0.15, 0.2) is 32.0 Å². The molecule has 1 aromatic carbocycles. The number of furan rings is 1. The van der Waals surface area contributed by atoms with Crippen LogP contribution in [0, 0.1) is 24.2 Å². The Morgan fingerprint density at radius 1 is 1.35 bits per heavy atom. The molecule has 1 fully saturated rings. The van der Waals surface area contributed by atoms with Gasteiger partial charge in [-0.25, -0.2) is 5.43 Å². The second kappa shape index (κ2) is 5.34. The minimum Gasteiger partial charge on any atom is -0.495 e. The maximum Gasteiger partial charge on any atom is 0.253 e. The van der Waals surface area contributed by atoms with Crippen LogP contribution in [0.1, 0.15) is 18.2 Å². The minimum absolute atomic E-state index is 0.205. The Bertz CT molecular complexity index is 1170. The van der Waals surface area contributed by atoms with E-state index in [2.05, 4.69) is 10.9 Å². The third-order valence-electron chi connectivity index (χ3n) is 4.88. The van der Waals surface area contributed by atoms with E-state index >= 15 is 0 Å². The molecule has 26 heavy (non-hydrogen) atoms. The van der Waals surface area contributed by atoms with E-state index in [1.54, 1.807) is 26.0 Å². The zero-order chi connectivity index (χ0) is 18.6. The molecule has 8 nitrogen and oxygen atoms in total. The van der Waals surface area contributed by atoms with E-state index in [4.69, 9.17) is 13.6 Å². The molecule has 3 aromatic rings. The van der Waals surface area contributed by atoms with Crippen molar-refractivity contribution >= 4 is 27.8 Å². The van der Waals surface area contributed by atoms with Gasteiger partial charge in [-0.2, -0.15) is 5.26 Å². The highest BCUT2D eigenvalue weighted by Crippen LogP contribution is 2.38. The molecule has 1 saturated heterocycles. The average molecular weight is 353 g/mol. The van der Waals surface area contributed by atoms with Crippen LogP contribution in [0.2, 0.25) is 0 Å². The number of nitrogens with one attached hydrogen (secondary N) is 2. The normalized spacial score (nSPS) is 22.5. The number of carbonyl (C=O) groups is 1. The predicted molar refractivity (Wildman–Crippen MR) is 91.3 cm³/mol. The van der Waals surface area contributed by atoms with Crippen molar-refractivity contribution in [2.24, 2.45) is 5.92 Å². The Balaban J connectivity index is 2.12. The van der Waals surface area contributed by atoms with Crippen molar-refractivity contribution in [3.63, 3.8) is 0 Å². The van der Waals surface area contributed by atoms with Gasteiger partial charge in [0.15, 0.2) is 5.92 Å². The van der Waals surface area contributed by atoms with E-state index in [0.29, 0.717) is 28.1 Å². The summed E-state index contributed by atoms with van der Waals surface area (Å²) in [4.78, 5) is 25.4. The number of hydrogen-bond donors (Lipinski definition) is 2. The standard InChI is InChI=1S/C18H15N3O5/c1-8-14(18(2)10(7-19)17(23)20-21-18)15(22)13-12(26-8)6-11-9(4-5-25-11)16(13)24-3/h4-6,10,21H,1-3H3,(H,20,23). The largest absolute Gasteiger partial charge is 0.495 e. The Morgan fingerprint density at radius 2 is 2.12 bits per heavy atom. The molecule has 0 saturated carbocycles. The molecular weight excluding hydrogens is 338 g/mol. The Kier molecular flexibility index (Phi) is 3.32. The lowest BCUT2D eigenvalue weighted by Gasteiger charge is -2.26. The molecule has 2 N–H and O–H groups in total. The molecule has 8 heteroatoms. The van der Waals surface area contributed by atoms with Crippen LogP contribution in [0.3, 0.4) is 0 Å². The minimum atomic E-state index is -1.24. The predicted octanol–water partition coefficient (Wildman–Crippen LogP) is 1.85. The summed E-state index contributed by atoms with van der Waals surface area (Å²) in [5.74, 6) is -0.936. The fourth-order valence-electron chi connectivity index (χ4n) is 3.66. The molecule has 3 heterocycles. The quantitative estimate of drug-likeness (QED) is 0.722. The second-order valence-corrected chi connectivity index (χ2v) is 6.36. The number of rotatable bonds is 2. The number of amides is 1. The number of carbonyl (C=O) groups excluding carboxylic acids is 1. The molecule has 2 atom stereocenters. The lowest BCUT2D eigenvalue weighted by Crippen LogP contribution is -2.45. The summed E-state index contributed by atoms with van der Waals surface area (Å²) in [6.45, 7) is 3.24. The van der Waals surface area contributed by atoms with Crippen LogP contribution in [0.5, 0.6) is 5.75 Å². The summed E-state index contributed by atoms with van der Waals surface area (Å²) in [7, 11) is 1.46. The Labute approximate surface area is 147 Å². The number of methoxy groups -OCH3 is 1. The highest BCUT2D eigenvalue weighted by molar-refractivity contribution is 6.01. The zero-order valence-corrected chi connectivity index (χ0v) is 14.3. The number of hydrogen-bond acceptors (Lipinski definition) is 7. The van der Waals surface area contributed by atoms with Gasteiger partial charge in [-0.15, -0.1) is 0 Å². The number of ether oxygens (including phenoxy) is 1. The lowest BCUT2D eigenvalue weighted by atomic mass is 9.80. The van der Waals surface area contributed by atoms with Gasteiger partial charge in [0, 0.05) is 6.07 Å². The van der Waals surface area contributed by atoms with Crippen molar-refractivity contribution in [2.75, 3.05) is 7.11 Å². The van der Waals surface area contributed by atoms with Gasteiger partial charge in [0.05, 0.1) is 35.9 Å². The number of nitriles is 1. The summed E-state index contributed by atoms with van der Waals surface area (Å²) >= 11 is 0. The van der Waals surface area contributed by atoms with E-state index in [0.717, 1.165) is 0 Å². The van der Waals surface area contributed by atoms with Gasteiger partial charge in [0.2, 0.25) is 5.43 Å². The van der Waals surface area contributed by atoms with E-state index < -0.39 is 17.4 Å². The summed E-state index contributed by atoms with van der Waals surface area (Å²) in [6, 6.07) is 5.28. The summed E-state index contributed by atoms with van der Waals surface area (Å²) < 4.78 is 16.7. The molecule has 4 rings (SSSR count). The first-order chi connectivity index (χ1) is 12.4. The van der Waals surface area contributed by atoms with Crippen LogP contribution in [-0.2, 0) is 10.3 Å². The third-order valence-corrected chi connectivity index (χ3v) is 4.88. The van der Waals surface area contributed by atoms with Crippen molar-refractivity contribution < 1.29 is 18.4 Å². The third kappa shape index (κ3) is 1.92. The van der Waals surface area contributed by atoms with Gasteiger partial charge in [0.1, 0.15) is 28.1 Å². The molecule has 0 radical (unpaired) electrons. The zero-order valence-electron chi connectivity index (χ0n) is 14.3. The summed E-state index contributed by atoms with van der Waals surface area (Å²) in [5.41, 5.74) is 4.65. The second-order valence-electron chi connectivity index (χ2n) is 6.36. The maximum absolute atomic E-state index is 13.4. The van der Waals surface area contributed by atoms with Gasteiger partial charge in [-0.05, 0) is 19.9 Å². The van der Waals surface area contributed by atoms with Crippen LogP contribution < -0.4 is 21.0 Å².